The Balaban J connectivity index is 1.47. The lowest BCUT2D eigenvalue weighted by Gasteiger charge is -2.31. The summed E-state index contributed by atoms with van der Waals surface area (Å²) in [6.45, 7) is 4.61. The van der Waals surface area contributed by atoms with Gasteiger partial charge in [0.15, 0.2) is 5.79 Å². The van der Waals surface area contributed by atoms with E-state index in [0.717, 1.165) is 36.8 Å². The first-order valence-electron chi connectivity index (χ1n) is 8.96. The summed E-state index contributed by atoms with van der Waals surface area (Å²) in [5, 5.41) is 5.29. The zero-order chi connectivity index (χ0) is 17.9. The highest BCUT2D eigenvalue weighted by atomic mass is 16.7. The van der Waals surface area contributed by atoms with Crippen LogP contribution in [0.1, 0.15) is 43.2 Å². The molecule has 1 saturated carbocycles. The van der Waals surface area contributed by atoms with E-state index in [1.807, 2.05) is 26.0 Å². The molecule has 136 valence electrons. The molecule has 0 bridgehead atoms. The second-order valence-corrected chi connectivity index (χ2v) is 7.00. The van der Waals surface area contributed by atoms with E-state index >= 15 is 0 Å². The third kappa shape index (κ3) is 4.38. The van der Waals surface area contributed by atoms with Gasteiger partial charge in [0, 0.05) is 25.1 Å². The summed E-state index contributed by atoms with van der Waals surface area (Å²) in [5.74, 6) is -1.79. The molecule has 0 unspecified atom stereocenters. The lowest BCUT2D eigenvalue weighted by molar-refractivity contribution is -0.186. The molecule has 25 heavy (non-hydrogen) atoms. The number of benzene rings is 1. The molecule has 6 nitrogen and oxygen atoms in total. The number of nitrogens with one attached hydrogen (secondary N) is 2. The molecule has 0 radical (unpaired) electrons. The van der Waals surface area contributed by atoms with Crippen molar-refractivity contribution in [2.24, 2.45) is 0 Å². The average Bonchev–Trinajstić information content (AvgIpc) is 2.98. The van der Waals surface area contributed by atoms with E-state index in [0.29, 0.717) is 12.3 Å². The predicted molar refractivity (Wildman–Crippen MR) is 94.2 cm³/mol. The van der Waals surface area contributed by atoms with Gasteiger partial charge in [0.2, 0.25) is 0 Å². The number of rotatable bonds is 3. The van der Waals surface area contributed by atoms with Crippen molar-refractivity contribution in [1.29, 1.82) is 0 Å². The van der Waals surface area contributed by atoms with E-state index in [1.54, 1.807) is 6.07 Å². The van der Waals surface area contributed by atoms with Gasteiger partial charge in [-0.1, -0.05) is 24.1 Å². The van der Waals surface area contributed by atoms with Crippen molar-refractivity contribution in [2.45, 2.75) is 57.8 Å². The molecule has 2 aliphatic rings. The summed E-state index contributed by atoms with van der Waals surface area (Å²) in [6.07, 6.45) is 5.05. The summed E-state index contributed by atoms with van der Waals surface area (Å²) in [4.78, 5) is 24.1. The van der Waals surface area contributed by atoms with E-state index in [1.165, 1.54) is 6.42 Å². The molecular weight excluding hydrogens is 320 g/mol. The standard InChI is InChI=1S/C19H26N2O4/c1-13-6-7-16(14(2)10-13)21-18(23)17(22)20-11-15-12-24-19(25-15)8-4-3-5-9-19/h6-7,10,15H,3-5,8-9,11-12H2,1-2H3,(H,20,22)(H,21,23)/t15-/m0/s1. The van der Waals surface area contributed by atoms with Crippen LogP contribution >= 0.6 is 0 Å². The van der Waals surface area contributed by atoms with Gasteiger partial charge >= 0.3 is 11.8 Å². The van der Waals surface area contributed by atoms with Gasteiger partial charge in [0.1, 0.15) is 6.10 Å². The summed E-state index contributed by atoms with van der Waals surface area (Å²) >= 11 is 0. The number of anilines is 1. The zero-order valence-corrected chi connectivity index (χ0v) is 14.9. The van der Waals surface area contributed by atoms with Gasteiger partial charge in [0.05, 0.1) is 6.61 Å². The van der Waals surface area contributed by atoms with Crippen LogP contribution in [-0.4, -0.2) is 36.9 Å². The molecule has 1 aromatic carbocycles. The number of hydrogen-bond acceptors (Lipinski definition) is 4. The number of aryl methyl sites for hydroxylation is 2. The fourth-order valence-electron chi connectivity index (χ4n) is 3.49. The van der Waals surface area contributed by atoms with E-state index < -0.39 is 17.6 Å². The largest absolute Gasteiger partial charge is 0.347 e. The summed E-state index contributed by atoms with van der Waals surface area (Å²) in [7, 11) is 0. The van der Waals surface area contributed by atoms with Crippen LogP contribution in [0.2, 0.25) is 0 Å². The van der Waals surface area contributed by atoms with Crippen LogP contribution < -0.4 is 10.6 Å². The third-order valence-corrected chi connectivity index (χ3v) is 4.86. The SMILES string of the molecule is Cc1ccc(NC(=O)C(=O)NC[C@H]2COC3(CCCCC3)O2)c(C)c1. The maximum atomic E-state index is 12.1. The maximum Gasteiger partial charge on any atom is 0.313 e. The summed E-state index contributed by atoms with van der Waals surface area (Å²) < 4.78 is 11.8. The van der Waals surface area contributed by atoms with Gasteiger partial charge in [-0.3, -0.25) is 9.59 Å². The molecule has 1 atom stereocenters. The van der Waals surface area contributed by atoms with Crippen LogP contribution in [0.15, 0.2) is 18.2 Å². The second-order valence-electron chi connectivity index (χ2n) is 7.00. The van der Waals surface area contributed by atoms with Gasteiger partial charge in [0.25, 0.3) is 0 Å². The summed E-state index contributed by atoms with van der Waals surface area (Å²) in [5.41, 5.74) is 2.68. The Morgan fingerprint density at radius 3 is 2.64 bits per heavy atom. The number of carbonyl (C=O) groups excluding carboxylic acids is 2. The topological polar surface area (TPSA) is 76.7 Å². The molecule has 1 spiro atoms. The van der Waals surface area contributed by atoms with Crippen molar-refractivity contribution in [3.63, 3.8) is 0 Å². The maximum absolute atomic E-state index is 12.1. The molecular formula is C19H26N2O4. The Bertz CT molecular complexity index is 653. The molecule has 6 heteroatoms. The van der Waals surface area contributed by atoms with Crippen molar-refractivity contribution < 1.29 is 19.1 Å². The normalized spacial score (nSPS) is 21.9. The average molecular weight is 346 g/mol. The minimum atomic E-state index is -0.668. The molecule has 1 saturated heterocycles. The number of hydrogen-bond donors (Lipinski definition) is 2. The van der Waals surface area contributed by atoms with Gasteiger partial charge in [-0.15, -0.1) is 0 Å². The van der Waals surface area contributed by atoms with Gasteiger partial charge in [-0.05, 0) is 38.3 Å². The van der Waals surface area contributed by atoms with Gasteiger partial charge < -0.3 is 20.1 Å². The molecule has 2 N–H and O–H groups in total. The molecule has 2 amide bonds. The first kappa shape index (κ1) is 17.9. The molecule has 1 aliphatic heterocycles. The number of ether oxygens (including phenoxy) is 2. The number of amides is 2. The zero-order valence-electron chi connectivity index (χ0n) is 14.9. The van der Waals surface area contributed by atoms with Crippen molar-refractivity contribution >= 4 is 17.5 Å². The van der Waals surface area contributed by atoms with Crippen LogP contribution in [0, 0.1) is 13.8 Å². The Morgan fingerprint density at radius 1 is 1.16 bits per heavy atom. The van der Waals surface area contributed by atoms with Crippen LogP contribution in [0.3, 0.4) is 0 Å². The molecule has 3 rings (SSSR count). The van der Waals surface area contributed by atoms with E-state index in [2.05, 4.69) is 10.6 Å². The monoisotopic (exact) mass is 346 g/mol. The Morgan fingerprint density at radius 2 is 1.92 bits per heavy atom. The van der Waals surface area contributed by atoms with Crippen LogP contribution in [0.25, 0.3) is 0 Å². The second kappa shape index (κ2) is 7.54. The molecule has 1 heterocycles. The van der Waals surface area contributed by atoms with Crippen molar-refractivity contribution in [2.75, 3.05) is 18.5 Å². The molecule has 1 aliphatic carbocycles. The lowest BCUT2D eigenvalue weighted by Crippen LogP contribution is -2.41. The van der Waals surface area contributed by atoms with Crippen LogP contribution in [-0.2, 0) is 19.1 Å². The van der Waals surface area contributed by atoms with Crippen molar-refractivity contribution in [1.82, 2.24) is 5.32 Å². The Labute approximate surface area is 148 Å². The number of carbonyl (C=O) groups is 2. The predicted octanol–water partition coefficient (Wildman–Crippen LogP) is 2.43. The quantitative estimate of drug-likeness (QED) is 0.824. The smallest absolute Gasteiger partial charge is 0.313 e. The highest BCUT2D eigenvalue weighted by molar-refractivity contribution is 6.39. The summed E-state index contributed by atoms with van der Waals surface area (Å²) in [6, 6.07) is 5.66. The molecule has 1 aromatic rings. The van der Waals surface area contributed by atoms with Crippen LogP contribution in [0.5, 0.6) is 0 Å². The fraction of sp³-hybridized carbons (Fsp3) is 0.579. The van der Waals surface area contributed by atoms with E-state index in [4.69, 9.17) is 9.47 Å². The van der Waals surface area contributed by atoms with E-state index in [-0.39, 0.29) is 12.6 Å². The highest BCUT2D eigenvalue weighted by Gasteiger charge is 2.42. The Kier molecular flexibility index (Phi) is 5.39. The van der Waals surface area contributed by atoms with Crippen LogP contribution in [0.4, 0.5) is 5.69 Å². The highest BCUT2D eigenvalue weighted by Crippen LogP contribution is 2.37. The fourth-order valence-corrected chi connectivity index (χ4v) is 3.49. The van der Waals surface area contributed by atoms with Gasteiger partial charge in [-0.2, -0.15) is 0 Å². The molecule has 2 fully saturated rings. The minimum Gasteiger partial charge on any atom is -0.347 e. The first-order valence-corrected chi connectivity index (χ1v) is 8.96. The Hall–Kier alpha value is -1.92. The van der Waals surface area contributed by atoms with Crippen molar-refractivity contribution in [3.05, 3.63) is 29.3 Å². The first-order chi connectivity index (χ1) is 12.0. The minimum absolute atomic E-state index is 0.198. The molecule has 0 aromatic heterocycles. The van der Waals surface area contributed by atoms with Gasteiger partial charge in [-0.25, -0.2) is 0 Å². The third-order valence-electron chi connectivity index (χ3n) is 4.86. The van der Waals surface area contributed by atoms with Crippen molar-refractivity contribution in [3.8, 4) is 0 Å². The van der Waals surface area contributed by atoms with E-state index in [9.17, 15) is 9.59 Å². The lowest BCUT2D eigenvalue weighted by atomic mass is 9.94.